The minimum atomic E-state index is -0.0143. The molecule has 7 nitrogen and oxygen atoms in total. The van der Waals surface area contributed by atoms with E-state index in [1.54, 1.807) is 11.3 Å². The quantitative estimate of drug-likeness (QED) is 0.290. The Hall–Kier alpha value is -1.88. The van der Waals surface area contributed by atoms with Gasteiger partial charge in [0, 0.05) is 62.2 Å². The number of aromatic nitrogens is 1. The van der Waals surface area contributed by atoms with Crippen LogP contribution in [0, 0.1) is 0 Å². The fourth-order valence-electron chi connectivity index (χ4n) is 3.53. The van der Waals surface area contributed by atoms with Crippen LogP contribution >= 0.6 is 35.3 Å². The molecule has 1 saturated heterocycles. The second kappa shape index (κ2) is 13.0. The van der Waals surface area contributed by atoms with Gasteiger partial charge in [0.15, 0.2) is 5.96 Å². The summed E-state index contributed by atoms with van der Waals surface area (Å²) >= 11 is 1.76. The van der Waals surface area contributed by atoms with E-state index >= 15 is 0 Å². The number of hydrogen-bond donors (Lipinski definition) is 2. The molecule has 0 radical (unpaired) electrons. The Morgan fingerprint density at radius 1 is 1.16 bits per heavy atom. The average Bonchev–Trinajstić information content (AvgIpc) is 3.34. The van der Waals surface area contributed by atoms with Crippen LogP contribution in [0.4, 0.5) is 5.82 Å². The van der Waals surface area contributed by atoms with Crippen LogP contribution < -0.4 is 15.5 Å². The Balaban J connectivity index is 0.00000363. The van der Waals surface area contributed by atoms with Crippen molar-refractivity contribution in [3.05, 3.63) is 46.8 Å². The molecule has 1 fully saturated rings. The number of aliphatic imine (C=N–C) groups is 1. The standard InChI is InChI=1S/C23H34N6OS.HI/c1-4-24-22(27-18-23(2,3)19-8-7-17-31-19)26-12-10-21(30)29-15-13-28(14-16-29)20-9-5-6-11-25-20;/h5-9,11,17H,4,10,12-16,18H2,1-3H3,(H2,24,26,27);1H. The first kappa shape index (κ1) is 26.4. The van der Waals surface area contributed by atoms with E-state index in [4.69, 9.17) is 4.99 Å². The number of carbonyl (C=O) groups excluding carboxylic acids is 1. The van der Waals surface area contributed by atoms with Gasteiger partial charge >= 0.3 is 0 Å². The smallest absolute Gasteiger partial charge is 0.224 e. The zero-order valence-electron chi connectivity index (χ0n) is 19.2. The first-order valence-electron chi connectivity index (χ1n) is 11.0. The van der Waals surface area contributed by atoms with Crippen LogP contribution in [0.15, 0.2) is 46.9 Å². The van der Waals surface area contributed by atoms with Gasteiger partial charge in [-0.05, 0) is 30.5 Å². The van der Waals surface area contributed by atoms with Crippen molar-refractivity contribution in [2.75, 3.05) is 50.7 Å². The number of nitrogens with zero attached hydrogens (tertiary/aromatic N) is 4. The summed E-state index contributed by atoms with van der Waals surface area (Å²) in [5.74, 6) is 1.93. The zero-order chi connectivity index (χ0) is 22.1. The maximum Gasteiger partial charge on any atom is 0.224 e. The third-order valence-electron chi connectivity index (χ3n) is 5.40. The Labute approximate surface area is 212 Å². The number of anilines is 1. The van der Waals surface area contributed by atoms with Crippen LogP contribution in [0.2, 0.25) is 0 Å². The van der Waals surface area contributed by atoms with Crippen molar-refractivity contribution in [1.29, 1.82) is 0 Å². The van der Waals surface area contributed by atoms with Crippen LogP contribution in [0.1, 0.15) is 32.1 Å². The van der Waals surface area contributed by atoms with Gasteiger partial charge < -0.3 is 20.4 Å². The SMILES string of the molecule is CCNC(=NCC(C)(C)c1cccs1)NCCC(=O)N1CCN(c2ccccn2)CC1.I. The Morgan fingerprint density at radius 3 is 2.56 bits per heavy atom. The Kier molecular flexibility index (Phi) is 10.7. The maximum atomic E-state index is 12.6. The van der Waals surface area contributed by atoms with Crippen molar-refractivity contribution in [1.82, 2.24) is 20.5 Å². The van der Waals surface area contributed by atoms with E-state index in [0.717, 1.165) is 44.5 Å². The highest BCUT2D eigenvalue weighted by Gasteiger charge is 2.23. The minimum absolute atomic E-state index is 0. The Bertz CT molecular complexity index is 835. The van der Waals surface area contributed by atoms with E-state index in [-0.39, 0.29) is 35.3 Å². The number of thiophene rings is 1. The lowest BCUT2D eigenvalue weighted by Crippen LogP contribution is -2.49. The third kappa shape index (κ3) is 7.61. The van der Waals surface area contributed by atoms with Gasteiger partial charge in [-0.1, -0.05) is 26.0 Å². The molecule has 0 atom stereocenters. The molecule has 0 spiro atoms. The molecule has 176 valence electrons. The average molecular weight is 571 g/mol. The molecule has 1 aliphatic heterocycles. The highest BCUT2D eigenvalue weighted by Crippen LogP contribution is 2.27. The highest BCUT2D eigenvalue weighted by atomic mass is 127. The van der Waals surface area contributed by atoms with Crippen molar-refractivity contribution in [2.45, 2.75) is 32.6 Å². The van der Waals surface area contributed by atoms with E-state index in [1.807, 2.05) is 36.2 Å². The molecule has 0 aromatic carbocycles. The number of piperazine rings is 1. The molecule has 2 aromatic rings. The van der Waals surface area contributed by atoms with E-state index in [1.165, 1.54) is 4.88 Å². The van der Waals surface area contributed by atoms with Gasteiger partial charge in [0.05, 0.1) is 6.54 Å². The molecule has 0 bridgehead atoms. The highest BCUT2D eigenvalue weighted by molar-refractivity contribution is 14.0. The molecule has 3 heterocycles. The number of carbonyl (C=O) groups is 1. The van der Waals surface area contributed by atoms with Gasteiger partial charge in [0.25, 0.3) is 0 Å². The molecular weight excluding hydrogens is 535 g/mol. The molecule has 1 aliphatic rings. The van der Waals surface area contributed by atoms with E-state index in [0.29, 0.717) is 19.5 Å². The van der Waals surface area contributed by atoms with Gasteiger partial charge in [-0.2, -0.15) is 0 Å². The van der Waals surface area contributed by atoms with Crippen LogP contribution in [0.25, 0.3) is 0 Å². The zero-order valence-corrected chi connectivity index (χ0v) is 22.4. The number of hydrogen-bond acceptors (Lipinski definition) is 5. The topological polar surface area (TPSA) is 72.9 Å². The summed E-state index contributed by atoms with van der Waals surface area (Å²) in [5.41, 5.74) is -0.0143. The van der Waals surface area contributed by atoms with Crippen LogP contribution in [-0.4, -0.2) is 67.6 Å². The second-order valence-corrected chi connectivity index (χ2v) is 9.24. The number of pyridine rings is 1. The molecule has 0 unspecified atom stereocenters. The molecule has 32 heavy (non-hydrogen) atoms. The summed E-state index contributed by atoms with van der Waals surface area (Å²) in [6.45, 7) is 11.6. The summed E-state index contributed by atoms with van der Waals surface area (Å²) in [5, 5.41) is 8.70. The number of nitrogens with one attached hydrogen (secondary N) is 2. The lowest BCUT2D eigenvalue weighted by molar-refractivity contribution is -0.131. The monoisotopic (exact) mass is 570 g/mol. The number of guanidine groups is 1. The van der Waals surface area contributed by atoms with E-state index in [2.05, 4.69) is 51.9 Å². The number of amides is 1. The van der Waals surface area contributed by atoms with Gasteiger partial charge in [-0.15, -0.1) is 35.3 Å². The summed E-state index contributed by atoms with van der Waals surface area (Å²) in [6, 6.07) is 10.2. The molecule has 1 amide bonds. The van der Waals surface area contributed by atoms with Crippen molar-refractivity contribution in [3.8, 4) is 0 Å². The van der Waals surface area contributed by atoms with Gasteiger partial charge in [0.2, 0.25) is 5.91 Å². The summed E-state index contributed by atoms with van der Waals surface area (Å²) in [4.78, 5) is 27.3. The van der Waals surface area contributed by atoms with Crippen molar-refractivity contribution in [3.63, 3.8) is 0 Å². The Morgan fingerprint density at radius 2 is 1.94 bits per heavy atom. The fourth-order valence-corrected chi connectivity index (χ4v) is 4.38. The predicted octanol–water partition coefficient (Wildman–Crippen LogP) is 3.33. The summed E-state index contributed by atoms with van der Waals surface area (Å²) in [7, 11) is 0. The first-order valence-corrected chi connectivity index (χ1v) is 11.9. The lowest BCUT2D eigenvalue weighted by atomic mass is 9.92. The van der Waals surface area contributed by atoms with E-state index in [9.17, 15) is 4.79 Å². The summed E-state index contributed by atoms with van der Waals surface area (Å²) < 4.78 is 0. The molecular formula is C23H35IN6OS. The molecule has 2 N–H and O–H groups in total. The second-order valence-electron chi connectivity index (χ2n) is 8.29. The van der Waals surface area contributed by atoms with Crippen molar-refractivity contribution in [2.24, 2.45) is 4.99 Å². The van der Waals surface area contributed by atoms with Gasteiger partial charge in [-0.3, -0.25) is 9.79 Å². The molecule has 0 aliphatic carbocycles. The van der Waals surface area contributed by atoms with Gasteiger partial charge in [0.1, 0.15) is 5.82 Å². The van der Waals surface area contributed by atoms with Crippen LogP contribution in [0.3, 0.4) is 0 Å². The van der Waals surface area contributed by atoms with Crippen LogP contribution in [0.5, 0.6) is 0 Å². The fraction of sp³-hybridized carbons (Fsp3) is 0.522. The third-order valence-corrected chi connectivity index (χ3v) is 6.64. The largest absolute Gasteiger partial charge is 0.357 e. The first-order chi connectivity index (χ1) is 15.0. The minimum Gasteiger partial charge on any atom is -0.357 e. The normalized spacial score (nSPS) is 14.7. The van der Waals surface area contributed by atoms with Gasteiger partial charge in [-0.25, -0.2) is 4.98 Å². The molecule has 0 saturated carbocycles. The predicted molar refractivity (Wildman–Crippen MR) is 144 cm³/mol. The molecule has 3 rings (SSSR count). The summed E-state index contributed by atoms with van der Waals surface area (Å²) in [6.07, 6.45) is 2.27. The van der Waals surface area contributed by atoms with Crippen molar-refractivity contribution >= 4 is 53.0 Å². The number of rotatable bonds is 8. The number of halogens is 1. The molecule has 2 aromatic heterocycles. The van der Waals surface area contributed by atoms with Crippen molar-refractivity contribution < 1.29 is 4.79 Å². The molecule has 9 heteroatoms. The maximum absolute atomic E-state index is 12.6. The van der Waals surface area contributed by atoms with Crippen LogP contribution in [-0.2, 0) is 10.2 Å². The van der Waals surface area contributed by atoms with E-state index < -0.39 is 0 Å². The lowest BCUT2D eigenvalue weighted by Gasteiger charge is -2.35.